The first-order valence-corrected chi connectivity index (χ1v) is 21.6. The van der Waals surface area contributed by atoms with Crippen LogP contribution in [-0.2, 0) is 18.4 Å². The summed E-state index contributed by atoms with van der Waals surface area (Å²) in [5.41, 5.74) is 0. The average Bonchev–Trinajstić information content (AvgIpc) is 3.07. The summed E-state index contributed by atoms with van der Waals surface area (Å²) in [6.45, 7) is 4.49. The Morgan fingerprint density at radius 3 is 1.76 bits per heavy atom. The van der Waals surface area contributed by atoms with Crippen LogP contribution in [0.15, 0.2) is 60.8 Å². The van der Waals surface area contributed by atoms with Gasteiger partial charge in [0.15, 0.2) is 0 Å². The number of phosphoric ester groups is 1. The Morgan fingerprint density at radius 2 is 1.20 bits per heavy atom. The summed E-state index contributed by atoms with van der Waals surface area (Å²) in [7, 11) is 1.22. The molecule has 0 rings (SSSR count). The maximum absolute atomic E-state index is 12.8. The summed E-state index contributed by atoms with van der Waals surface area (Å²) in [4.78, 5) is 25.2. The lowest BCUT2D eigenvalue weighted by Crippen LogP contribution is -2.45. The molecule has 0 aromatic carbocycles. The number of hydrogen-bond acceptors (Lipinski definition) is 6. The molecule has 0 saturated carbocycles. The molecule has 1 amide bonds. The normalized spacial score (nSPS) is 15.2. The van der Waals surface area contributed by atoms with Crippen molar-refractivity contribution in [3.8, 4) is 0 Å². The lowest BCUT2D eigenvalue weighted by molar-refractivity contribution is -0.870. The molecule has 8 nitrogen and oxygen atoms in total. The molecule has 0 bridgehead atoms. The van der Waals surface area contributed by atoms with Crippen molar-refractivity contribution in [1.29, 1.82) is 0 Å². The number of amides is 1. The van der Waals surface area contributed by atoms with Gasteiger partial charge in [-0.1, -0.05) is 132 Å². The molecule has 0 aliphatic rings. The number of rotatable bonds is 35. The lowest BCUT2D eigenvalue weighted by Gasteiger charge is -2.29. The van der Waals surface area contributed by atoms with E-state index in [0.717, 1.165) is 70.6 Å². The third kappa shape index (κ3) is 36.4. The number of phosphoric acid groups is 1. The van der Waals surface area contributed by atoms with Gasteiger partial charge >= 0.3 is 0 Å². The molecular formula is C42H77N2O6P. The van der Waals surface area contributed by atoms with E-state index < -0.39 is 26.6 Å². The standard InChI is InChI=1S/C42H77N2O6P/c1-6-8-10-12-14-16-18-19-20-21-22-23-24-26-28-30-32-34-36-42(46)43-40(39-50-51(47,48)49-38-37-44(3,4)5)41(45)35-33-31-29-27-25-17-15-13-11-9-7-2/h11,13,16,18,20-21,25,27,33,35,40-41,45H,6-10,12,14-15,17,19,22-24,26,28-32,34,36-39H2,1-5H3,(H-,43,46,47,48)/b13-11+,18-16-,21-20-,27-25+,35-33+. The molecule has 3 atom stereocenters. The Morgan fingerprint density at radius 1 is 0.686 bits per heavy atom. The molecule has 0 radical (unpaired) electrons. The summed E-state index contributed by atoms with van der Waals surface area (Å²) in [6.07, 6.45) is 42.7. The number of allylic oxidation sites excluding steroid dienone is 9. The monoisotopic (exact) mass is 737 g/mol. The summed E-state index contributed by atoms with van der Waals surface area (Å²) in [5, 5.41) is 13.7. The number of carbonyl (C=O) groups excluding carboxylic acids is 1. The van der Waals surface area contributed by atoms with Gasteiger partial charge in [0.25, 0.3) is 7.82 Å². The van der Waals surface area contributed by atoms with E-state index in [-0.39, 0.29) is 12.5 Å². The van der Waals surface area contributed by atoms with Crippen LogP contribution in [0.25, 0.3) is 0 Å². The molecule has 0 aliphatic carbocycles. The van der Waals surface area contributed by atoms with E-state index in [1.165, 1.54) is 57.8 Å². The van der Waals surface area contributed by atoms with Crippen molar-refractivity contribution in [3.63, 3.8) is 0 Å². The number of likely N-dealkylation sites (N-methyl/N-ethyl adjacent to an activating group) is 1. The zero-order chi connectivity index (χ0) is 37.9. The predicted octanol–water partition coefficient (Wildman–Crippen LogP) is 10.1. The number of unbranched alkanes of at least 4 members (excludes halogenated alkanes) is 14. The quantitative estimate of drug-likeness (QED) is 0.0290. The SMILES string of the molecule is CCC/C=C/CC/C=C/CC/C=C/C(O)C(COP(=O)([O-])OCC[N+](C)(C)C)NC(=O)CCCCCCCCC/C=C\C/C=C\CCCCCC. The van der Waals surface area contributed by atoms with Crippen LogP contribution in [0.3, 0.4) is 0 Å². The smallest absolute Gasteiger partial charge is 0.268 e. The Hall–Kier alpha value is -1.80. The second-order valence-corrected chi connectivity index (χ2v) is 16.0. The van der Waals surface area contributed by atoms with Crippen LogP contribution in [0.5, 0.6) is 0 Å². The predicted molar refractivity (Wildman–Crippen MR) is 214 cm³/mol. The topological polar surface area (TPSA) is 108 Å². The minimum Gasteiger partial charge on any atom is -0.756 e. The highest BCUT2D eigenvalue weighted by atomic mass is 31.2. The van der Waals surface area contributed by atoms with Gasteiger partial charge < -0.3 is 28.8 Å². The van der Waals surface area contributed by atoms with Crippen LogP contribution in [0.1, 0.15) is 149 Å². The molecule has 9 heteroatoms. The second-order valence-electron chi connectivity index (χ2n) is 14.6. The highest BCUT2D eigenvalue weighted by Gasteiger charge is 2.23. The van der Waals surface area contributed by atoms with Crippen LogP contribution in [0.4, 0.5) is 0 Å². The molecule has 0 aliphatic heterocycles. The number of quaternary nitrogens is 1. The van der Waals surface area contributed by atoms with Gasteiger partial charge in [-0.05, 0) is 70.6 Å². The maximum Gasteiger partial charge on any atom is 0.268 e. The van der Waals surface area contributed by atoms with E-state index in [2.05, 4.69) is 67.8 Å². The van der Waals surface area contributed by atoms with E-state index in [1.807, 2.05) is 27.2 Å². The van der Waals surface area contributed by atoms with Crippen molar-refractivity contribution in [2.75, 3.05) is 40.9 Å². The van der Waals surface area contributed by atoms with E-state index in [0.29, 0.717) is 17.4 Å². The van der Waals surface area contributed by atoms with Gasteiger partial charge in [0, 0.05) is 6.42 Å². The highest BCUT2D eigenvalue weighted by Crippen LogP contribution is 2.38. The van der Waals surface area contributed by atoms with Gasteiger partial charge in [-0.25, -0.2) is 0 Å². The van der Waals surface area contributed by atoms with E-state index in [4.69, 9.17) is 9.05 Å². The summed E-state index contributed by atoms with van der Waals surface area (Å²) < 4.78 is 23.1. The largest absolute Gasteiger partial charge is 0.756 e. The number of aliphatic hydroxyl groups is 1. The molecule has 3 unspecified atom stereocenters. The molecule has 0 aromatic rings. The second kappa shape index (κ2) is 34.0. The fourth-order valence-electron chi connectivity index (χ4n) is 5.16. The number of nitrogens with zero attached hydrogens (tertiary/aromatic N) is 1. The van der Waals surface area contributed by atoms with Crippen molar-refractivity contribution >= 4 is 13.7 Å². The van der Waals surface area contributed by atoms with Gasteiger partial charge in [0.05, 0.1) is 39.9 Å². The van der Waals surface area contributed by atoms with Crippen LogP contribution < -0.4 is 10.2 Å². The summed E-state index contributed by atoms with van der Waals surface area (Å²) >= 11 is 0. The van der Waals surface area contributed by atoms with Gasteiger partial charge in [0.2, 0.25) is 5.91 Å². The molecule has 0 heterocycles. The van der Waals surface area contributed by atoms with Crippen molar-refractivity contribution < 1.29 is 32.9 Å². The fraction of sp³-hybridized carbons (Fsp3) is 0.738. The van der Waals surface area contributed by atoms with Gasteiger partial charge in [-0.2, -0.15) is 0 Å². The van der Waals surface area contributed by atoms with E-state index >= 15 is 0 Å². The Balaban J connectivity index is 4.51. The van der Waals surface area contributed by atoms with Crippen molar-refractivity contribution in [1.82, 2.24) is 5.32 Å². The van der Waals surface area contributed by atoms with E-state index in [1.54, 1.807) is 6.08 Å². The van der Waals surface area contributed by atoms with Crippen LogP contribution in [-0.4, -0.2) is 68.5 Å². The average molecular weight is 737 g/mol. The lowest BCUT2D eigenvalue weighted by atomic mass is 10.1. The van der Waals surface area contributed by atoms with Crippen molar-refractivity contribution in [2.24, 2.45) is 0 Å². The Kier molecular flexibility index (Phi) is 32.8. The minimum atomic E-state index is -4.60. The molecule has 296 valence electrons. The molecule has 51 heavy (non-hydrogen) atoms. The number of hydrogen-bond donors (Lipinski definition) is 2. The van der Waals surface area contributed by atoms with Crippen molar-refractivity contribution in [2.45, 2.75) is 161 Å². The van der Waals surface area contributed by atoms with Crippen LogP contribution >= 0.6 is 7.82 Å². The zero-order valence-corrected chi connectivity index (χ0v) is 34.2. The minimum absolute atomic E-state index is 0.0134. The van der Waals surface area contributed by atoms with Gasteiger partial charge in [-0.15, -0.1) is 0 Å². The molecule has 0 spiro atoms. The Bertz CT molecular complexity index is 1020. The number of carbonyl (C=O) groups is 1. The van der Waals surface area contributed by atoms with Crippen LogP contribution in [0, 0.1) is 0 Å². The zero-order valence-electron chi connectivity index (χ0n) is 33.3. The third-order valence-corrected chi connectivity index (χ3v) is 9.37. The first-order valence-electron chi connectivity index (χ1n) is 20.2. The highest BCUT2D eigenvalue weighted by molar-refractivity contribution is 7.45. The molecule has 2 N–H and O–H groups in total. The molecular weight excluding hydrogens is 659 g/mol. The fourth-order valence-corrected chi connectivity index (χ4v) is 5.88. The third-order valence-electron chi connectivity index (χ3n) is 8.41. The van der Waals surface area contributed by atoms with E-state index in [9.17, 15) is 19.4 Å². The number of nitrogens with one attached hydrogen (secondary N) is 1. The van der Waals surface area contributed by atoms with Gasteiger partial charge in [0.1, 0.15) is 13.2 Å². The summed E-state index contributed by atoms with van der Waals surface area (Å²) in [6, 6.07) is -0.913. The van der Waals surface area contributed by atoms with Gasteiger partial charge in [-0.3, -0.25) is 9.36 Å². The first kappa shape index (κ1) is 49.2. The molecule has 0 fully saturated rings. The van der Waals surface area contributed by atoms with Crippen molar-refractivity contribution in [3.05, 3.63) is 60.8 Å². The maximum atomic E-state index is 12.8. The number of aliphatic hydroxyl groups excluding tert-OH is 1. The van der Waals surface area contributed by atoms with Crippen LogP contribution in [0.2, 0.25) is 0 Å². The molecule has 0 saturated heterocycles. The first-order chi connectivity index (χ1) is 24.5. The summed E-state index contributed by atoms with van der Waals surface area (Å²) in [5.74, 6) is -0.225. The molecule has 0 aromatic heterocycles. The Labute approximate surface area is 313 Å².